The van der Waals surface area contributed by atoms with Gasteiger partial charge in [0.25, 0.3) is 0 Å². The summed E-state index contributed by atoms with van der Waals surface area (Å²) in [6.07, 6.45) is 5.16. The van der Waals surface area contributed by atoms with Gasteiger partial charge in [-0.2, -0.15) is 0 Å². The molecule has 0 radical (unpaired) electrons. The summed E-state index contributed by atoms with van der Waals surface area (Å²) in [7, 11) is 0. The van der Waals surface area contributed by atoms with Crippen molar-refractivity contribution < 1.29 is 9.90 Å². The van der Waals surface area contributed by atoms with Crippen molar-refractivity contribution in [3.63, 3.8) is 0 Å². The first-order chi connectivity index (χ1) is 8.93. The molecular formula is C15H32N2O2. The van der Waals surface area contributed by atoms with E-state index in [4.69, 9.17) is 5.11 Å². The van der Waals surface area contributed by atoms with Crippen LogP contribution in [-0.2, 0) is 4.79 Å². The first-order valence-corrected chi connectivity index (χ1v) is 7.55. The Balaban J connectivity index is 3.82. The first kappa shape index (κ1) is 18.4. The second kappa shape index (κ2) is 10.2. The van der Waals surface area contributed by atoms with E-state index in [1.54, 1.807) is 0 Å². The van der Waals surface area contributed by atoms with E-state index in [0.29, 0.717) is 0 Å². The van der Waals surface area contributed by atoms with Crippen molar-refractivity contribution in [2.45, 2.75) is 65.8 Å². The Morgan fingerprint density at radius 2 is 1.95 bits per heavy atom. The molecular weight excluding hydrogens is 240 g/mol. The monoisotopic (exact) mass is 272 g/mol. The highest BCUT2D eigenvalue weighted by Gasteiger charge is 2.20. The number of carbonyl (C=O) groups excluding carboxylic acids is 1. The van der Waals surface area contributed by atoms with E-state index < -0.39 is 0 Å². The van der Waals surface area contributed by atoms with Crippen LogP contribution >= 0.6 is 0 Å². The average Bonchev–Trinajstić information content (AvgIpc) is 2.38. The lowest BCUT2D eigenvalue weighted by Crippen LogP contribution is -2.45. The van der Waals surface area contributed by atoms with Gasteiger partial charge in [0, 0.05) is 19.7 Å². The highest BCUT2D eigenvalue weighted by atomic mass is 16.2. The van der Waals surface area contributed by atoms with E-state index in [1.807, 2.05) is 6.92 Å². The van der Waals surface area contributed by atoms with Gasteiger partial charge in [-0.3, -0.25) is 4.79 Å². The van der Waals surface area contributed by atoms with E-state index in [-0.39, 0.29) is 24.0 Å². The van der Waals surface area contributed by atoms with Crippen molar-refractivity contribution in [3.8, 4) is 0 Å². The minimum absolute atomic E-state index is 0.0778. The maximum atomic E-state index is 11.8. The number of carbonyl (C=O) groups is 1. The Morgan fingerprint density at radius 1 is 1.26 bits per heavy atom. The molecule has 0 aromatic rings. The largest absolute Gasteiger partial charge is 0.396 e. The van der Waals surface area contributed by atoms with Crippen LogP contribution in [0.15, 0.2) is 0 Å². The summed E-state index contributed by atoms with van der Waals surface area (Å²) in [5, 5.41) is 15.1. The summed E-state index contributed by atoms with van der Waals surface area (Å²) in [6.45, 7) is 10.2. The average molecular weight is 272 g/mol. The molecule has 0 bridgehead atoms. The van der Waals surface area contributed by atoms with Crippen molar-refractivity contribution in [2.75, 3.05) is 19.7 Å². The molecule has 114 valence electrons. The molecule has 0 fully saturated rings. The van der Waals surface area contributed by atoms with Crippen LogP contribution in [0.2, 0.25) is 0 Å². The van der Waals surface area contributed by atoms with Gasteiger partial charge in [0.1, 0.15) is 0 Å². The highest BCUT2D eigenvalue weighted by Crippen LogP contribution is 2.20. The smallest absolute Gasteiger partial charge is 0.236 e. The van der Waals surface area contributed by atoms with E-state index in [0.717, 1.165) is 38.8 Å². The summed E-state index contributed by atoms with van der Waals surface area (Å²) in [4.78, 5) is 11.8. The van der Waals surface area contributed by atoms with Crippen LogP contribution in [0.3, 0.4) is 0 Å². The molecule has 0 aliphatic heterocycles. The number of hydrogen-bond acceptors (Lipinski definition) is 3. The molecule has 0 rings (SSSR count). The summed E-state index contributed by atoms with van der Waals surface area (Å²) >= 11 is 0. The van der Waals surface area contributed by atoms with Gasteiger partial charge in [-0.05, 0) is 31.6 Å². The fourth-order valence-electron chi connectivity index (χ4n) is 1.91. The Bertz CT molecular complexity index is 242. The zero-order chi connectivity index (χ0) is 14.7. The standard InChI is InChI=1S/C15H32N2O2/c1-5-6-7-10-16-14(19)13(2)17-12-15(3,4)9-8-11-18/h13,17-18H,5-12H2,1-4H3,(H,16,19). The van der Waals surface area contributed by atoms with Crippen LogP contribution in [0.25, 0.3) is 0 Å². The van der Waals surface area contributed by atoms with E-state index in [2.05, 4.69) is 31.4 Å². The fraction of sp³-hybridized carbons (Fsp3) is 0.933. The molecule has 1 unspecified atom stereocenters. The Kier molecular flexibility index (Phi) is 9.88. The van der Waals surface area contributed by atoms with Crippen LogP contribution in [-0.4, -0.2) is 36.8 Å². The van der Waals surface area contributed by atoms with Crippen LogP contribution in [0.4, 0.5) is 0 Å². The lowest BCUT2D eigenvalue weighted by molar-refractivity contribution is -0.122. The first-order valence-electron chi connectivity index (χ1n) is 7.55. The van der Waals surface area contributed by atoms with Crippen molar-refractivity contribution in [1.29, 1.82) is 0 Å². The second-order valence-corrected chi connectivity index (χ2v) is 6.09. The van der Waals surface area contributed by atoms with Gasteiger partial charge in [0.2, 0.25) is 5.91 Å². The zero-order valence-electron chi connectivity index (χ0n) is 13.1. The topological polar surface area (TPSA) is 61.4 Å². The molecule has 4 heteroatoms. The Hall–Kier alpha value is -0.610. The number of unbranched alkanes of at least 4 members (excludes halogenated alkanes) is 2. The molecule has 19 heavy (non-hydrogen) atoms. The second-order valence-electron chi connectivity index (χ2n) is 6.09. The number of amides is 1. The zero-order valence-corrected chi connectivity index (χ0v) is 13.1. The lowest BCUT2D eigenvalue weighted by Gasteiger charge is -2.26. The molecule has 0 saturated carbocycles. The molecule has 0 aliphatic carbocycles. The molecule has 0 spiro atoms. The molecule has 0 aliphatic rings. The normalized spacial score (nSPS) is 13.3. The van der Waals surface area contributed by atoms with Gasteiger partial charge in [0.15, 0.2) is 0 Å². The van der Waals surface area contributed by atoms with Gasteiger partial charge < -0.3 is 15.7 Å². The van der Waals surface area contributed by atoms with E-state index in [1.165, 1.54) is 6.42 Å². The third-order valence-corrected chi connectivity index (χ3v) is 3.37. The highest BCUT2D eigenvalue weighted by molar-refractivity contribution is 5.81. The summed E-state index contributed by atoms with van der Waals surface area (Å²) < 4.78 is 0. The van der Waals surface area contributed by atoms with Gasteiger partial charge >= 0.3 is 0 Å². The maximum absolute atomic E-state index is 11.8. The van der Waals surface area contributed by atoms with Crippen LogP contribution in [0.1, 0.15) is 59.8 Å². The number of rotatable bonds is 11. The third-order valence-electron chi connectivity index (χ3n) is 3.37. The Morgan fingerprint density at radius 3 is 2.53 bits per heavy atom. The summed E-state index contributed by atoms with van der Waals surface area (Å²) in [6, 6.07) is -0.157. The van der Waals surface area contributed by atoms with Gasteiger partial charge in [-0.1, -0.05) is 33.6 Å². The number of aliphatic hydroxyl groups excluding tert-OH is 1. The summed E-state index contributed by atoms with van der Waals surface area (Å²) in [5.74, 6) is 0.0778. The molecule has 3 N–H and O–H groups in total. The number of hydrogen-bond donors (Lipinski definition) is 3. The van der Waals surface area contributed by atoms with Gasteiger partial charge in [-0.15, -0.1) is 0 Å². The number of aliphatic hydroxyl groups is 1. The number of nitrogens with one attached hydrogen (secondary N) is 2. The molecule has 1 atom stereocenters. The van der Waals surface area contributed by atoms with Crippen molar-refractivity contribution in [1.82, 2.24) is 10.6 Å². The Labute approximate surface area is 118 Å². The van der Waals surface area contributed by atoms with Crippen LogP contribution < -0.4 is 10.6 Å². The maximum Gasteiger partial charge on any atom is 0.236 e. The quantitative estimate of drug-likeness (QED) is 0.505. The van der Waals surface area contributed by atoms with Crippen LogP contribution in [0, 0.1) is 5.41 Å². The van der Waals surface area contributed by atoms with E-state index >= 15 is 0 Å². The molecule has 0 aromatic heterocycles. The van der Waals surface area contributed by atoms with Crippen LogP contribution in [0.5, 0.6) is 0 Å². The molecule has 1 amide bonds. The molecule has 4 nitrogen and oxygen atoms in total. The molecule has 0 saturated heterocycles. The van der Waals surface area contributed by atoms with Gasteiger partial charge in [-0.25, -0.2) is 0 Å². The minimum atomic E-state index is -0.157. The van der Waals surface area contributed by atoms with E-state index in [9.17, 15) is 4.79 Å². The predicted octanol–water partition coefficient (Wildman–Crippen LogP) is 2.07. The summed E-state index contributed by atoms with van der Waals surface area (Å²) in [5.41, 5.74) is 0.111. The molecule has 0 aromatic carbocycles. The molecule has 0 heterocycles. The van der Waals surface area contributed by atoms with Crippen molar-refractivity contribution >= 4 is 5.91 Å². The van der Waals surface area contributed by atoms with Gasteiger partial charge in [0.05, 0.1) is 6.04 Å². The SMILES string of the molecule is CCCCCNC(=O)C(C)NCC(C)(C)CCCO. The van der Waals surface area contributed by atoms with Crippen molar-refractivity contribution in [2.24, 2.45) is 5.41 Å². The lowest BCUT2D eigenvalue weighted by atomic mass is 9.87. The third kappa shape index (κ3) is 9.91. The fourth-order valence-corrected chi connectivity index (χ4v) is 1.91. The minimum Gasteiger partial charge on any atom is -0.396 e. The predicted molar refractivity (Wildman–Crippen MR) is 80.1 cm³/mol. The van der Waals surface area contributed by atoms with Crippen molar-refractivity contribution in [3.05, 3.63) is 0 Å².